The monoisotopic (exact) mass is 639 g/mol. The topological polar surface area (TPSA) is 168 Å². The normalized spacial score (nSPS) is 14.5. The first-order chi connectivity index (χ1) is 22.5. The Bertz CT molecular complexity index is 1770. The number of amides is 4. The van der Waals surface area contributed by atoms with Gasteiger partial charge < -0.3 is 35.7 Å². The Morgan fingerprint density at radius 3 is 1.74 bits per heavy atom. The van der Waals surface area contributed by atoms with Crippen molar-refractivity contribution in [2.75, 3.05) is 6.61 Å². The molecule has 244 valence electrons. The smallest absolute Gasteiger partial charge is 0.407 e. The molecule has 1 heterocycles. The maximum Gasteiger partial charge on any atom is 0.407 e. The molecule has 12 heteroatoms. The summed E-state index contributed by atoms with van der Waals surface area (Å²) < 4.78 is 10.9. The molecule has 5 N–H and O–H groups in total. The number of carbonyl (C=O) groups excluding carboxylic acids is 5. The lowest BCUT2D eigenvalue weighted by molar-refractivity contribution is -0.139. The summed E-state index contributed by atoms with van der Waals surface area (Å²) >= 11 is 0. The molecular formula is C35H37N5O7. The van der Waals surface area contributed by atoms with E-state index in [2.05, 4.69) is 26.3 Å². The van der Waals surface area contributed by atoms with Crippen LogP contribution in [0.15, 0.2) is 79.0 Å². The van der Waals surface area contributed by atoms with Crippen molar-refractivity contribution in [3.63, 3.8) is 0 Å². The number of para-hydroxylation sites is 1. The van der Waals surface area contributed by atoms with Crippen molar-refractivity contribution < 1.29 is 33.4 Å². The molecule has 4 amide bonds. The minimum absolute atomic E-state index is 0.0896. The molecule has 0 spiro atoms. The van der Waals surface area contributed by atoms with Crippen LogP contribution in [-0.4, -0.2) is 65.5 Å². The molecule has 0 saturated heterocycles. The zero-order valence-corrected chi connectivity index (χ0v) is 26.5. The summed E-state index contributed by atoms with van der Waals surface area (Å²) in [4.78, 5) is 66.3. The van der Waals surface area contributed by atoms with E-state index in [1.165, 1.54) is 27.7 Å². The van der Waals surface area contributed by atoms with Gasteiger partial charge in [-0.3, -0.25) is 14.4 Å². The van der Waals surface area contributed by atoms with Crippen molar-refractivity contribution in [3.8, 4) is 16.9 Å². The van der Waals surface area contributed by atoms with Crippen molar-refractivity contribution >= 4 is 40.7 Å². The van der Waals surface area contributed by atoms with Crippen LogP contribution in [0.25, 0.3) is 22.0 Å². The van der Waals surface area contributed by atoms with Crippen molar-refractivity contribution in [3.05, 3.63) is 90.1 Å². The molecule has 0 aliphatic heterocycles. The van der Waals surface area contributed by atoms with Crippen LogP contribution in [0.3, 0.4) is 0 Å². The molecule has 4 aromatic rings. The van der Waals surface area contributed by atoms with Gasteiger partial charge in [-0.25, -0.2) is 9.59 Å². The van der Waals surface area contributed by atoms with Gasteiger partial charge in [-0.1, -0.05) is 60.7 Å². The zero-order valence-electron chi connectivity index (χ0n) is 26.5. The Hall–Kier alpha value is -5.65. The van der Waals surface area contributed by atoms with Gasteiger partial charge in [-0.05, 0) is 62.1 Å². The summed E-state index contributed by atoms with van der Waals surface area (Å²) in [5.41, 5.74) is 5.13. The minimum atomic E-state index is -1.03. The lowest BCUT2D eigenvalue weighted by Gasteiger charge is -2.21. The molecule has 1 aromatic heterocycles. The fourth-order valence-corrected chi connectivity index (χ4v) is 5.41. The summed E-state index contributed by atoms with van der Waals surface area (Å²) in [5, 5.41) is 10.8. The Kier molecular flexibility index (Phi) is 9.88. The van der Waals surface area contributed by atoms with E-state index < -0.39 is 54.0 Å². The number of ether oxygens (including phenoxy) is 2. The molecule has 0 saturated carbocycles. The predicted molar refractivity (Wildman–Crippen MR) is 174 cm³/mol. The zero-order chi connectivity index (χ0) is 33.7. The largest absolute Gasteiger partial charge is 0.449 e. The highest BCUT2D eigenvalue weighted by Gasteiger charge is 2.30. The van der Waals surface area contributed by atoms with E-state index in [9.17, 15) is 24.0 Å². The highest BCUT2D eigenvalue weighted by atomic mass is 16.5. The number of fused-ring (bicyclic) bond motifs is 4. The van der Waals surface area contributed by atoms with Crippen molar-refractivity contribution in [1.82, 2.24) is 26.3 Å². The van der Waals surface area contributed by atoms with Crippen LogP contribution < -0.4 is 26.0 Å². The molecule has 47 heavy (non-hydrogen) atoms. The van der Waals surface area contributed by atoms with E-state index in [4.69, 9.17) is 9.47 Å². The third-order valence-electron chi connectivity index (χ3n) is 8.05. The number of carbonyl (C=O) groups is 5. The van der Waals surface area contributed by atoms with Crippen LogP contribution in [0, 0.1) is 0 Å². The summed E-state index contributed by atoms with van der Waals surface area (Å²) in [7, 11) is 0. The van der Waals surface area contributed by atoms with Crippen LogP contribution in [-0.2, 0) is 23.9 Å². The molecule has 0 radical (unpaired) electrons. The minimum Gasteiger partial charge on any atom is -0.449 e. The SMILES string of the molecule is C[C@H](NC(=O)OCC1c2ccccc2-c2ccccc21)C(=O)N[C@@H](C)C(=O)N[C@@H](C)C(=O)N[C@@H](C)C(=O)Oc1c[nH]c2ccccc12. The van der Waals surface area contributed by atoms with Gasteiger partial charge in [0.15, 0.2) is 5.75 Å². The Morgan fingerprint density at radius 2 is 1.15 bits per heavy atom. The van der Waals surface area contributed by atoms with E-state index in [0.29, 0.717) is 5.75 Å². The number of benzene rings is 3. The van der Waals surface area contributed by atoms with Crippen molar-refractivity contribution in [1.29, 1.82) is 0 Å². The van der Waals surface area contributed by atoms with E-state index in [0.717, 1.165) is 33.2 Å². The molecule has 1 aliphatic carbocycles. The number of hydrogen-bond acceptors (Lipinski definition) is 7. The van der Waals surface area contributed by atoms with Crippen molar-refractivity contribution in [2.45, 2.75) is 57.8 Å². The first kappa shape index (κ1) is 32.7. The van der Waals surface area contributed by atoms with Crippen LogP contribution in [0.4, 0.5) is 4.79 Å². The van der Waals surface area contributed by atoms with Gasteiger partial charge >= 0.3 is 12.1 Å². The molecule has 3 aromatic carbocycles. The fraction of sp³-hybridized carbons (Fsp3) is 0.286. The summed E-state index contributed by atoms with van der Waals surface area (Å²) in [5.74, 6) is -2.35. The average molecular weight is 640 g/mol. The first-order valence-corrected chi connectivity index (χ1v) is 15.3. The number of nitrogens with one attached hydrogen (secondary N) is 5. The van der Waals surface area contributed by atoms with Gasteiger partial charge in [0.1, 0.15) is 30.8 Å². The van der Waals surface area contributed by atoms with Crippen LogP contribution >= 0.6 is 0 Å². The number of aromatic nitrogens is 1. The number of alkyl carbamates (subject to hydrolysis) is 1. The van der Waals surface area contributed by atoms with E-state index in [1.54, 1.807) is 12.3 Å². The number of rotatable bonds is 11. The second kappa shape index (κ2) is 14.2. The molecule has 0 unspecified atom stereocenters. The third kappa shape index (κ3) is 7.43. The molecule has 0 bridgehead atoms. The standard InChI is InChI=1S/C35H37N5O7/c1-19(31(41)37-20(2)32(42)39-22(4)34(44)47-30-17-36-29-16-10-9-15-27(29)30)38-33(43)21(3)40-35(45)46-18-28-25-13-7-5-11-23(25)24-12-6-8-14-26(24)28/h5-17,19-22,28,36H,18H2,1-4H3,(H,37,41)(H,38,43)(H,39,42)(H,40,45)/t19-,20-,21-,22-/m0/s1. The molecule has 12 nitrogen and oxygen atoms in total. The fourth-order valence-electron chi connectivity index (χ4n) is 5.41. The quantitative estimate of drug-likeness (QED) is 0.157. The second-order valence-corrected chi connectivity index (χ2v) is 11.5. The maximum atomic E-state index is 12.7. The first-order valence-electron chi connectivity index (χ1n) is 15.3. The highest BCUT2D eigenvalue weighted by Crippen LogP contribution is 2.44. The molecule has 0 fully saturated rings. The lowest BCUT2D eigenvalue weighted by atomic mass is 9.98. The molecular weight excluding hydrogens is 602 g/mol. The number of aromatic amines is 1. The van der Waals surface area contributed by atoms with Gasteiger partial charge in [-0.15, -0.1) is 0 Å². The molecule has 1 aliphatic rings. The lowest BCUT2D eigenvalue weighted by Crippen LogP contribution is -2.55. The predicted octanol–water partition coefficient (Wildman–Crippen LogP) is 3.51. The van der Waals surface area contributed by atoms with Gasteiger partial charge in [0.05, 0.1) is 0 Å². The summed E-state index contributed by atoms with van der Waals surface area (Å²) in [6, 6.07) is 19.1. The van der Waals surface area contributed by atoms with Crippen molar-refractivity contribution in [2.24, 2.45) is 0 Å². The van der Waals surface area contributed by atoms with E-state index in [-0.39, 0.29) is 12.5 Å². The Balaban J connectivity index is 1.04. The third-order valence-corrected chi connectivity index (χ3v) is 8.05. The van der Waals surface area contributed by atoms with Crippen LogP contribution in [0.5, 0.6) is 5.75 Å². The molecule has 4 atom stereocenters. The van der Waals surface area contributed by atoms with Crippen LogP contribution in [0.1, 0.15) is 44.7 Å². The summed E-state index contributed by atoms with van der Waals surface area (Å²) in [6.45, 7) is 5.91. The van der Waals surface area contributed by atoms with E-state index >= 15 is 0 Å². The average Bonchev–Trinajstić information content (AvgIpc) is 3.62. The molecule has 5 rings (SSSR count). The number of H-pyrrole nitrogens is 1. The highest BCUT2D eigenvalue weighted by molar-refractivity contribution is 5.95. The maximum absolute atomic E-state index is 12.7. The van der Waals surface area contributed by atoms with Gasteiger partial charge in [0.2, 0.25) is 17.7 Å². The number of esters is 1. The second-order valence-electron chi connectivity index (χ2n) is 11.5. The van der Waals surface area contributed by atoms with E-state index in [1.807, 2.05) is 66.7 Å². The Morgan fingerprint density at radius 1 is 0.660 bits per heavy atom. The van der Waals surface area contributed by atoms with Gasteiger partial charge in [0.25, 0.3) is 0 Å². The number of hydrogen-bond donors (Lipinski definition) is 5. The van der Waals surface area contributed by atoms with Gasteiger partial charge in [0, 0.05) is 23.0 Å². The summed E-state index contributed by atoms with van der Waals surface area (Å²) in [6.07, 6.45) is 0.790. The van der Waals surface area contributed by atoms with Crippen LogP contribution in [0.2, 0.25) is 0 Å². The Labute approximate surface area is 271 Å². The van der Waals surface area contributed by atoms with Gasteiger partial charge in [-0.2, -0.15) is 0 Å².